The van der Waals surface area contributed by atoms with E-state index in [0.717, 1.165) is 19.5 Å². The van der Waals surface area contributed by atoms with E-state index in [-0.39, 0.29) is 0 Å². The third kappa shape index (κ3) is 6.25. The Balaban J connectivity index is 2.24. The highest BCUT2D eigenvalue weighted by molar-refractivity contribution is 5.71. The molecule has 0 spiro atoms. The molecule has 18 heavy (non-hydrogen) atoms. The fourth-order valence-electron chi connectivity index (χ4n) is 1.77. The van der Waals surface area contributed by atoms with Crippen molar-refractivity contribution in [3.05, 3.63) is 35.4 Å². The smallest absolute Gasteiger partial charge is 0.312 e. The quantitative estimate of drug-likeness (QED) is 0.643. The second-order valence-corrected chi connectivity index (χ2v) is 4.88. The minimum Gasteiger partial charge on any atom is -0.352 e. The number of nitrogens with two attached hydrogens (primary N) is 1. The Bertz CT molecular complexity index is 360. The van der Waals surface area contributed by atoms with E-state index in [4.69, 9.17) is 5.73 Å². The molecule has 4 nitrogen and oxygen atoms in total. The van der Waals surface area contributed by atoms with Crippen molar-refractivity contribution in [1.29, 1.82) is 0 Å². The topological polar surface area (TPSA) is 67.2 Å². The number of carbonyl (C=O) groups excluding carboxylic acids is 1. The normalized spacial score (nSPS) is 10.6. The zero-order chi connectivity index (χ0) is 13.4. The van der Waals surface area contributed by atoms with E-state index in [1.165, 1.54) is 11.1 Å². The molecule has 0 saturated carbocycles. The first-order valence-corrected chi connectivity index (χ1v) is 6.39. The molecule has 1 rings (SSSR count). The summed E-state index contributed by atoms with van der Waals surface area (Å²) >= 11 is 0. The molecule has 0 fully saturated rings. The molecule has 0 saturated heterocycles. The number of rotatable bonds is 7. The van der Waals surface area contributed by atoms with Gasteiger partial charge in [0.1, 0.15) is 0 Å². The van der Waals surface area contributed by atoms with Crippen LogP contribution in [0.3, 0.4) is 0 Å². The molecule has 1 aromatic rings. The molecule has 0 heterocycles. The standard InChI is InChI=1S/C14H23N3O/c1-11(2)9-12-3-5-13(6-4-12)10-16-7-8-17-14(15)18/h3-6,11,16H,7-10H2,1-2H3,(H3,15,17,18). The predicted octanol–water partition coefficient (Wildman–Crippen LogP) is 1.64. The molecule has 0 radical (unpaired) electrons. The Morgan fingerprint density at radius 1 is 1.17 bits per heavy atom. The molecule has 4 N–H and O–H groups in total. The summed E-state index contributed by atoms with van der Waals surface area (Å²) < 4.78 is 0. The molecule has 0 aliphatic carbocycles. The van der Waals surface area contributed by atoms with Crippen LogP contribution in [0.5, 0.6) is 0 Å². The number of hydrogen-bond acceptors (Lipinski definition) is 2. The van der Waals surface area contributed by atoms with Crippen molar-refractivity contribution >= 4 is 6.03 Å². The summed E-state index contributed by atoms with van der Waals surface area (Å²) in [7, 11) is 0. The van der Waals surface area contributed by atoms with Crippen molar-refractivity contribution < 1.29 is 4.79 Å². The van der Waals surface area contributed by atoms with Gasteiger partial charge in [0.25, 0.3) is 0 Å². The van der Waals surface area contributed by atoms with E-state index in [9.17, 15) is 4.79 Å². The number of urea groups is 1. The number of carbonyl (C=O) groups is 1. The van der Waals surface area contributed by atoms with Gasteiger partial charge in [-0.3, -0.25) is 0 Å². The third-order valence-corrected chi connectivity index (χ3v) is 2.60. The highest BCUT2D eigenvalue weighted by Crippen LogP contribution is 2.09. The minimum atomic E-state index is -0.477. The lowest BCUT2D eigenvalue weighted by atomic mass is 10.0. The van der Waals surface area contributed by atoms with Gasteiger partial charge in [-0.05, 0) is 23.5 Å². The number of benzene rings is 1. The monoisotopic (exact) mass is 249 g/mol. The van der Waals surface area contributed by atoms with Crippen LogP contribution < -0.4 is 16.4 Å². The fraction of sp³-hybridized carbons (Fsp3) is 0.500. The van der Waals surface area contributed by atoms with Crippen LogP contribution in [0.15, 0.2) is 24.3 Å². The van der Waals surface area contributed by atoms with Crippen LogP contribution in [0, 0.1) is 5.92 Å². The minimum absolute atomic E-state index is 0.477. The van der Waals surface area contributed by atoms with Crippen molar-refractivity contribution in [2.75, 3.05) is 13.1 Å². The van der Waals surface area contributed by atoms with Gasteiger partial charge >= 0.3 is 6.03 Å². The molecule has 4 heteroatoms. The molecule has 0 bridgehead atoms. The second-order valence-electron chi connectivity index (χ2n) is 4.88. The molecule has 2 amide bonds. The zero-order valence-corrected chi connectivity index (χ0v) is 11.2. The van der Waals surface area contributed by atoms with Gasteiger partial charge in [-0.1, -0.05) is 38.1 Å². The van der Waals surface area contributed by atoms with Crippen molar-refractivity contribution in [2.45, 2.75) is 26.8 Å². The molecule has 0 aromatic heterocycles. The van der Waals surface area contributed by atoms with Gasteiger partial charge in [-0.2, -0.15) is 0 Å². The third-order valence-electron chi connectivity index (χ3n) is 2.60. The maximum atomic E-state index is 10.4. The summed E-state index contributed by atoms with van der Waals surface area (Å²) in [4.78, 5) is 10.4. The van der Waals surface area contributed by atoms with Gasteiger partial charge in [0.2, 0.25) is 0 Å². The number of nitrogens with one attached hydrogen (secondary N) is 2. The van der Waals surface area contributed by atoms with Crippen LogP contribution in [-0.2, 0) is 13.0 Å². The first-order chi connectivity index (χ1) is 8.58. The van der Waals surface area contributed by atoms with Crippen LogP contribution in [0.1, 0.15) is 25.0 Å². The molecule has 0 unspecified atom stereocenters. The number of primary amides is 1. The molecule has 0 aliphatic heterocycles. The summed E-state index contributed by atoms with van der Waals surface area (Å²) in [5.74, 6) is 0.689. The summed E-state index contributed by atoms with van der Waals surface area (Å²) in [5.41, 5.74) is 7.59. The average Bonchev–Trinajstić information content (AvgIpc) is 2.30. The largest absolute Gasteiger partial charge is 0.352 e. The SMILES string of the molecule is CC(C)Cc1ccc(CNCCNC(N)=O)cc1. The van der Waals surface area contributed by atoms with Crippen molar-refractivity contribution in [3.8, 4) is 0 Å². The summed E-state index contributed by atoms with van der Waals surface area (Å²) in [6, 6.07) is 8.17. The Hall–Kier alpha value is -1.55. The van der Waals surface area contributed by atoms with E-state index in [1.54, 1.807) is 0 Å². The fourth-order valence-corrected chi connectivity index (χ4v) is 1.77. The van der Waals surface area contributed by atoms with Gasteiger partial charge in [0.15, 0.2) is 0 Å². The highest BCUT2D eigenvalue weighted by atomic mass is 16.2. The van der Waals surface area contributed by atoms with Crippen LogP contribution in [-0.4, -0.2) is 19.1 Å². The second kappa shape index (κ2) is 7.71. The molecule has 0 aliphatic rings. The number of hydrogen-bond donors (Lipinski definition) is 3. The van der Waals surface area contributed by atoms with Crippen LogP contribution in [0.4, 0.5) is 4.79 Å². The van der Waals surface area contributed by atoms with E-state index in [1.807, 2.05) is 0 Å². The van der Waals surface area contributed by atoms with Crippen molar-refractivity contribution in [3.63, 3.8) is 0 Å². The maximum Gasteiger partial charge on any atom is 0.312 e. The van der Waals surface area contributed by atoms with Gasteiger partial charge in [0, 0.05) is 19.6 Å². The van der Waals surface area contributed by atoms with Crippen molar-refractivity contribution in [1.82, 2.24) is 10.6 Å². The molecular weight excluding hydrogens is 226 g/mol. The maximum absolute atomic E-state index is 10.4. The summed E-state index contributed by atoms with van der Waals surface area (Å²) in [6.45, 7) is 6.53. The lowest BCUT2D eigenvalue weighted by molar-refractivity contribution is 0.249. The average molecular weight is 249 g/mol. The highest BCUT2D eigenvalue weighted by Gasteiger charge is 1.98. The number of amides is 2. The van der Waals surface area contributed by atoms with Gasteiger partial charge < -0.3 is 16.4 Å². The zero-order valence-electron chi connectivity index (χ0n) is 11.2. The first-order valence-electron chi connectivity index (χ1n) is 6.39. The van der Waals surface area contributed by atoms with Crippen LogP contribution in [0.25, 0.3) is 0 Å². The summed E-state index contributed by atoms with van der Waals surface area (Å²) in [5, 5.41) is 5.79. The molecule has 100 valence electrons. The lowest BCUT2D eigenvalue weighted by Crippen LogP contribution is -2.35. The Morgan fingerprint density at radius 3 is 2.33 bits per heavy atom. The Labute approximate surface area is 109 Å². The Kier molecular flexibility index (Phi) is 6.22. The van der Waals surface area contributed by atoms with E-state index < -0.39 is 6.03 Å². The molecule has 0 atom stereocenters. The Morgan fingerprint density at radius 2 is 1.78 bits per heavy atom. The van der Waals surface area contributed by atoms with E-state index in [2.05, 4.69) is 48.7 Å². The lowest BCUT2D eigenvalue weighted by Gasteiger charge is -2.08. The van der Waals surface area contributed by atoms with Gasteiger partial charge in [0.05, 0.1) is 0 Å². The van der Waals surface area contributed by atoms with Gasteiger partial charge in [-0.15, -0.1) is 0 Å². The van der Waals surface area contributed by atoms with Crippen LogP contribution >= 0.6 is 0 Å². The van der Waals surface area contributed by atoms with E-state index in [0.29, 0.717) is 12.5 Å². The molecule has 1 aromatic carbocycles. The first kappa shape index (κ1) is 14.5. The van der Waals surface area contributed by atoms with E-state index >= 15 is 0 Å². The predicted molar refractivity (Wildman–Crippen MR) is 74.3 cm³/mol. The molecular formula is C14H23N3O. The van der Waals surface area contributed by atoms with Crippen molar-refractivity contribution in [2.24, 2.45) is 11.7 Å². The summed E-state index contributed by atoms with van der Waals surface area (Å²) in [6.07, 6.45) is 1.12. The van der Waals surface area contributed by atoms with Crippen LogP contribution in [0.2, 0.25) is 0 Å². The van der Waals surface area contributed by atoms with Gasteiger partial charge in [-0.25, -0.2) is 4.79 Å².